The number of rotatable bonds is 4. The van der Waals surface area contributed by atoms with Crippen molar-refractivity contribution in [3.63, 3.8) is 0 Å². The Kier molecular flexibility index (Phi) is 4.07. The van der Waals surface area contributed by atoms with Gasteiger partial charge in [-0.05, 0) is 12.8 Å². The molecule has 1 rings (SSSR count). The number of piperidine rings is 1. The maximum atomic E-state index is 11.6. The van der Waals surface area contributed by atoms with Crippen LogP contribution in [0.5, 0.6) is 0 Å². The Morgan fingerprint density at radius 3 is 3.00 bits per heavy atom. The zero-order valence-corrected chi connectivity index (χ0v) is 8.78. The van der Waals surface area contributed by atoms with Crippen molar-refractivity contribution < 1.29 is 14.3 Å². The zero-order chi connectivity index (χ0) is 10.6. The van der Waals surface area contributed by atoms with Crippen LogP contribution in [-0.2, 0) is 14.3 Å². The van der Waals surface area contributed by atoms with E-state index in [9.17, 15) is 9.59 Å². The number of carbonyl (C=O) groups excluding carboxylic acids is 2. The van der Waals surface area contributed by atoms with E-state index in [2.05, 4.69) is 0 Å². The molecule has 0 aromatic heterocycles. The number of nitrogens with zero attached hydrogens (tertiary/aromatic N) is 1. The van der Waals surface area contributed by atoms with Crippen molar-refractivity contribution in [2.45, 2.75) is 19.8 Å². The molecule has 1 aliphatic rings. The average Bonchev–Trinajstić information content (AvgIpc) is 2.13. The fourth-order valence-corrected chi connectivity index (χ4v) is 1.71. The first-order chi connectivity index (χ1) is 6.65. The fourth-order valence-electron chi connectivity index (χ4n) is 1.71. The van der Waals surface area contributed by atoms with Gasteiger partial charge >= 0.3 is 0 Å². The molecular formula is C10H17NO3. The molecule has 0 aromatic rings. The number of hydrogen-bond acceptors (Lipinski definition) is 3. The summed E-state index contributed by atoms with van der Waals surface area (Å²) >= 11 is 0. The minimum atomic E-state index is -0.0325. The smallest absolute Gasteiger partial charge is 0.225 e. The van der Waals surface area contributed by atoms with Gasteiger partial charge in [-0.3, -0.25) is 9.59 Å². The van der Waals surface area contributed by atoms with Crippen LogP contribution in [0.2, 0.25) is 0 Å². The number of carbonyl (C=O) groups is 2. The topological polar surface area (TPSA) is 46.6 Å². The van der Waals surface area contributed by atoms with Gasteiger partial charge in [0.1, 0.15) is 6.61 Å². The average molecular weight is 199 g/mol. The molecule has 4 nitrogen and oxygen atoms in total. The Labute approximate surface area is 84.2 Å². The van der Waals surface area contributed by atoms with Crippen LogP contribution in [0.25, 0.3) is 0 Å². The Balaban J connectivity index is 2.43. The molecule has 0 bridgehead atoms. The van der Waals surface area contributed by atoms with Crippen LogP contribution >= 0.6 is 0 Å². The first kappa shape index (κ1) is 11.2. The van der Waals surface area contributed by atoms with E-state index in [1.54, 1.807) is 4.90 Å². The third kappa shape index (κ3) is 2.80. The lowest BCUT2D eigenvalue weighted by atomic mass is 9.99. The molecule has 80 valence electrons. The molecule has 0 aromatic carbocycles. The Morgan fingerprint density at radius 1 is 1.64 bits per heavy atom. The second-order valence-electron chi connectivity index (χ2n) is 3.77. The Hall–Kier alpha value is -0.900. The van der Waals surface area contributed by atoms with Crippen molar-refractivity contribution in [2.24, 2.45) is 5.92 Å². The summed E-state index contributed by atoms with van der Waals surface area (Å²) in [5.41, 5.74) is 0. The van der Waals surface area contributed by atoms with Gasteiger partial charge < -0.3 is 9.64 Å². The molecule has 1 aliphatic heterocycles. The highest BCUT2D eigenvalue weighted by atomic mass is 16.5. The summed E-state index contributed by atoms with van der Waals surface area (Å²) in [5.74, 6) is 0.134. The van der Waals surface area contributed by atoms with E-state index >= 15 is 0 Å². The van der Waals surface area contributed by atoms with Gasteiger partial charge in [-0.15, -0.1) is 0 Å². The Bertz CT molecular complexity index is 227. The van der Waals surface area contributed by atoms with E-state index in [1.807, 2.05) is 6.92 Å². The molecule has 0 aliphatic carbocycles. The summed E-state index contributed by atoms with van der Waals surface area (Å²) < 4.78 is 4.72. The predicted octanol–water partition coefficient (Wildman–Crippen LogP) is 0.460. The minimum absolute atomic E-state index is 0.0325. The van der Waals surface area contributed by atoms with Crippen LogP contribution in [-0.4, -0.2) is 43.4 Å². The maximum Gasteiger partial charge on any atom is 0.225 e. The van der Waals surface area contributed by atoms with Crippen LogP contribution < -0.4 is 0 Å². The van der Waals surface area contributed by atoms with E-state index in [0.717, 1.165) is 12.8 Å². The highest BCUT2D eigenvalue weighted by molar-refractivity contribution is 5.87. The van der Waals surface area contributed by atoms with Crippen molar-refractivity contribution in [3.8, 4) is 0 Å². The maximum absolute atomic E-state index is 11.6. The van der Waals surface area contributed by atoms with E-state index in [0.29, 0.717) is 6.54 Å². The highest BCUT2D eigenvalue weighted by Gasteiger charge is 2.26. The monoisotopic (exact) mass is 199 g/mol. The first-order valence-electron chi connectivity index (χ1n) is 4.94. The molecule has 1 unspecified atom stereocenters. The van der Waals surface area contributed by atoms with E-state index in [1.165, 1.54) is 7.11 Å². The number of ketones is 1. The van der Waals surface area contributed by atoms with Crippen LogP contribution in [0.15, 0.2) is 0 Å². The summed E-state index contributed by atoms with van der Waals surface area (Å²) in [4.78, 5) is 24.5. The third-order valence-corrected chi connectivity index (χ3v) is 2.47. The number of likely N-dealkylation sites (tertiary alicyclic amines) is 1. The van der Waals surface area contributed by atoms with Gasteiger partial charge in [0.15, 0.2) is 5.78 Å². The summed E-state index contributed by atoms with van der Waals surface area (Å²) in [6.45, 7) is 2.92. The van der Waals surface area contributed by atoms with Crippen molar-refractivity contribution in [1.82, 2.24) is 4.90 Å². The number of hydrogen-bond donors (Lipinski definition) is 0. The van der Waals surface area contributed by atoms with Crippen LogP contribution in [0.3, 0.4) is 0 Å². The second-order valence-corrected chi connectivity index (χ2v) is 3.77. The zero-order valence-electron chi connectivity index (χ0n) is 8.78. The van der Waals surface area contributed by atoms with Crippen molar-refractivity contribution in [2.75, 3.05) is 26.8 Å². The molecule has 1 saturated heterocycles. The van der Waals surface area contributed by atoms with E-state index in [-0.39, 0.29) is 30.8 Å². The van der Waals surface area contributed by atoms with Crippen LogP contribution in [0.4, 0.5) is 0 Å². The minimum Gasteiger partial charge on any atom is -0.377 e. The molecule has 1 fully saturated rings. The molecule has 1 heterocycles. The van der Waals surface area contributed by atoms with Gasteiger partial charge in [0.2, 0.25) is 5.91 Å². The van der Waals surface area contributed by atoms with Gasteiger partial charge in [-0.2, -0.15) is 0 Å². The standard InChI is InChI=1S/C10H17NO3/c1-8-4-3-5-11(10(8)13)6-9(12)7-14-2/h8H,3-7H2,1-2H3. The molecule has 0 saturated carbocycles. The number of amides is 1. The summed E-state index contributed by atoms with van der Waals surface area (Å²) in [6.07, 6.45) is 1.93. The first-order valence-corrected chi connectivity index (χ1v) is 4.94. The van der Waals surface area contributed by atoms with Crippen LogP contribution in [0, 0.1) is 5.92 Å². The van der Waals surface area contributed by atoms with Crippen molar-refractivity contribution in [1.29, 1.82) is 0 Å². The second kappa shape index (κ2) is 5.10. The van der Waals surface area contributed by atoms with Crippen molar-refractivity contribution >= 4 is 11.7 Å². The SMILES string of the molecule is COCC(=O)CN1CCCC(C)C1=O. The fraction of sp³-hybridized carbons (Fsp3) is 0.800. The highest BCUT2D eigenvalue weighted by Crippen LogP contribution is 2.16. The predicted molar refractivity (Wildman–Crippen MR) is 51.9 cm³/mol. The molecule has 1 amide bonds. The molecule has 1 atom stereocenters. The number of methoxy groups -OCH3 is 1. The van der Waals surface area contributed by atoms with Gasteiger partial charge in [-0.25, -0.2) is 0 Å². The number of ether oxygens (including phenoxy) is 1. The van der Waals surface area contributed by atoms with Gasteiger partial charge in [-0.1, -0.05) is 6.92 Å². The van der Waals surface area contributed by atoms with Gasteiger partial charge in [0.25, 0.3) is 0 Å². The van der Waals surface area contributed by atoms with Gasteiger partial charge in [0.05, 0.1) is 6.54 Å². The lowest BCUT2D eigenvalue weighted by Crippen LogP contribution is -2.43. The third-order valence-electron chi connectivity index (χ3n) is 2.47. The quantitative estimate of drug-likeness (QED) is 0.661. The molecule has 0 radical (unpaired) electrons. The lowest BCUT2D eigenvalue weighted by Gasteiger charge is -2.29. The molecule has 0 spiro atoms. The summed E-state index contributed by atoms with van der Waals surface area (Å²) in [5, 5.41) is 0. The van der Waals surface area contributed by atoms with E-state index in [4.69, 9.17) is 4.74 Å². The molecule has 0 N–H and O–H groups in total. The molecule has 14 heavy (non-hydrogen) atoms. The number of Topliss-reactive ketones (excluding diaryl/α,β-unsaturated/α-hetero) is 1. The van der Waals surface area contributed by atoms with Crippen molar-refractivity contribution in [3.05, 3.63) is 0 Å². The lowest BCUT2D eigenvalue weighted by molar-refractivity contribution is -0.141. The normalized spacial score (nSPS) is 22.6. The van der Waals surface area contributed by atoms with Crippen LogP contribution in [0.1, 0.15) is 19.8 Å². The largest absolute Gasteiger partial charge is 0.377 e. The molecular weight excluding hydrogens is 182 g/mol. The summed E-state index contributed by atoms with van der Waals surface area (Å²) in [7, 11) is 1.48. The molecule has 4 heteroatoms. The summed E-state index contributed by atoms with van der Waals surface area (Å²) in [6, 6.07) is 0. The van der Waals surface area contributed by atoms with E-state index < -0.39 is 0 Å². The Morgan fingerprint density at radius 2 is 2.36 bits per heavy atom. The van der Waals surface area contributed by atoms with Gasteiger partial charge in [0, 0.05) is 19.6 Å².